The number of rotatable bonds is 18. The Labute approximate surface area is 775 Å². The highest BCUT2D eigenvalue weighted by Gasteiger charge is 2.26. The maximum absolute atomic E-state index is 2.59. The molecule has 0 spiro atoms. The Balaban J connectivity index is 0.874. The van der Waals surface area contributed by atoms with Gasteiger partial charge in [0.25, 0.3) is 0 Å². The zero-order valence-corrected chi connectivity index (χ0v) is 75.0. The first-order chi connectivity index (χ1) is 64.9. The molecule has 0 radical (unpaired) electrons. The second kappa shape index (κ2) is 35.0. The van der Waals surface area contributed by atoms with E-state index in [2.05, 4.69) is 515 Å². The molecule has 132 heavy (non-hydrogen) atoms. The summed E-state index contributed by atoms with van der Waals surface area (Å²) in [7, 11) is 0. The van der Waals surface area contributed by atoms with Crippen LogP contribution >= 0.6 is 0 Å². The lowest BCUT2D eigenvalue weighted by Gasteiger charge is -2.22. The Kier molecular flexibility index (Phi) is 21.6. The maximum Gasteiger partial charge on any atom is -0.00921 e. The average Bonchev–Trinajstić information content (AvgIpc) is 0.708. The lowest BCUT2D eigenvalue weighted by Crippen LogP contribution is -1.96. The molecule has 0 aliphatic carbocycles. The van der Waals surface area contributed by atoms with Gasteiger partial charge in [-0.1, -0.05) is 364 Å². The quantitative estimate of drug-likeness (QED) is 0.0751. The van der Waals surface area contributed by atoms with Gasteiger partial charge in [-0.2, -0.15) is 0 Å². The smallest absolute Gasteiger partial charge is 0.00921 e. The van der Waals surface area contributed by atoms with Gasteiger partial charge in [0.1, 0.15) is 0 Å². The van der Waals surface area contributed by atoms with E-state index in [9.17, 15) is 0 Å². The van der Waals surface area contributed by atoms with Crippen LogP contribution in [0.15, 0.2) is 473 Å². The fourth-order valence-electron chi connectivity index (χ4n) is 20.2. The van der Waals surface area contributed by atoms with Gasteiger partial charge in [-0.05, 0) is 417 Å². The minimum Gasteiger partial charge on any atom is -0.0622 e. The molecule has 0 nitrogen and oxygen atoms in total. The monoisotopic (exact) mass is 1680 g/mol. The van der Waals surface area contributed by atoms with E-state index in [1.165, 1.54) is 167 Å². The second-order valence-corrected chi connectivity index (χ2v) is 35.7. The zero-order chi connectivity index (χ0) is 88.9. The summed E-state index contributed by atoms with van der Waals surface area (Å²) in [5.74, 6) is 0. The Hall–Kier alpha value is -16.4. The van der Waals surface area contributed by atoms with Crippen LogP contribution in [0.25, 0.3) is 233 Å². The molecule has 0 saturated carbocycles. The normalized spacial score (nSPS) is 11.4. The number of hydrogen-bond acceptors (Lipinski definition) is 0. The summed E-state index contributed by atoms with van der Waals surface area (Å²) >= 11 is 0. The van der Waals surface area contributed by atoms with Crippen molar-refractivity contribution in [3.8, 4) is 200 Å². The standard InChI is InChI=1S/C132H96/c1-85-55-61-109(73-115(85)103-49-25-43-97(67-103)91-31-13-7-14-32-91)121-79-127-128(80-122(121)110-62-56-86(2)116(74-110)104-50-26-44-98(68-104)92-33-15-8-16-34-92)130-82-124(112-64-58-88(4)118(76-112)106-52-28-46-100(70-106)94-37-19-10-20-38-94)126(114-66-60-90(6)120(78-114)108-54-30-48-102(72-108)96-41-23-12-24-42-96)84-132(130)131-83-125(113-65-59-89(5)119(77-113)107-53-29-47-101(71-107)95-39-21-11-22-40-95)123(81-129(127)131)111-63-57-87(3)117(75-111)105-51-27-45-99(69-105)93-35-17-9-18-36-93/h7-84H,1-6H3. The Morgan fingerprint density at radius 3 is 0.348 bits per heavy atom. The highest BCUT2D eigenvalue weighted by atomic mass is 14.3. The number of hydrogen-bond donors (Lipinski definition) is 0. The summed E-state index contributed by atoms with van der Waals surface area (Å²) < 4.78 is 0. The van der Waals surface area contributed by atoms with Crippen molar-refractivity contribution in [2.45, 2.75) is 41.5 Å². The molecule has 0 atom stereocenters. The lowest BCUT2D eigenvalue weighted by atomic mass is 9.81. The minimum atomic E-state index is 1.13. The zero-order valence-electron chi connectivity index (χ0n) is 75.0. The third kappa shape index (κ3) is 15.8. The van der Waals surface area contributed by atoms with Gasteiger partial charge in [0, 0.05) is 0 Å². The van der Waals surface area contributed by atoms with Crippen LogP contribution < -0.4 is 0 Å². The lowest BCUT2D eigenvalue weighted by molar-refractivity contribution is 1.44. The summed E-state index contributed by atoms with van der Waals surface area (Å²) in [6.45, 7) is 13.6. The van der Waals surface area contributed by atoms with Crippen molar-refractivity contribution >= 4 is 32.3 Å². The van der Waals surface area contributed by atoms with E-state index in [-0.39, 0.29) is 0 Å². The summed E-state index contributed by atoms with van der Waals surface area (Å²) in [4.78, 5) is 0. The van der Waals surface area contributed by atoms with Crippen LogP contribution in [0.1, 0.15) is 33.4 Å². The molecule has 0 aliphatic heterocycles. The molecular formula is C132H96. The molecule has 22 rings (SSSR count). The third-order valence-corrected chi connectivity index (χ3v) is 27.3. The highest BCUT2D eigenvalue weighted by Crippen LogP contribution is 2.52. The van der Waals surface area contributed by atoms with Crippen molar-refractivity contribution in [3.05, 3.63) is 507 Å². The van der Waals surface area contributed by atoms with E-state index in [1.807, 2.05) is 0 Å². The van der Waals surface area contributed by atoms with Crippen LogP contribution in [0.2, 0.25) is 0 Å². The van der Waals surface area contributed by atoms with Crippen LogP contribution in [0.3, 0.4) is 0 Å². The molecule has 0 saturated heterocycles. The Morgan fingerprint density at radius 1 is 0.0833 bits per heavy atom. The first-order valence-corrected chi connectivity index (χ1v) is 46.0. The molecule has 0 N–H and O–H groups in total. The van der Waals surface area contributed by atoms with Crippen LogP contribution in [0.5, 0.6) is 0 Å². The number of fused-ring (bicyclic) bond motifs is 6. The van der Waals surface area contributed by atoms with Crippen molar-refractivity contribution in [2.24, 2.45) is 0 Å². The molecule has 0 unspecified atom stereocenters. The van der Waals surface area contributed by atoms with E-state index in [4.69, 9.17) is 0 Å². The molecule has 624 valence electrons. The molecule has 0 heteroatoms. The van der Waals surface area contributed by atoms with Gasteiger partial charge in [-0.25, -0.2) is 0 Å². The van der Waals surface area contributed by atoms with Gasteiger partial charge in [-0.15, -0.1) is 0 Å². The molecule has 0 aromatic heterocycles. The van der Waals surface area contributed by atoms with Gasteiger partial charge in [0.15, 0.2) is 0 Å². The van der Waals surface area contributed by atoms with E-state index in [1.54, 1.807) is 0 Å². The van der Waals surface area contributed by atoms with Crippen LogP contribution in [0.4, 0.5) is 0 Å². The van der Waals surface area contributed by atoms with Gasteiger partial charge in [-0.3, -0.25) is 0 Å². The average molecular weight is 1680 g/mol. The SMILES string of the molecule is Cc1ccc(-c2cc3c4cc(-c5ccc(C)c(-c6cccc(-c7ccccc7)c6)c5)c(-c5ccc(C)c(-c6cccc(-c7ccccc7)c6)c5)cc4c4cc(-c5ccc(C)c(-c6cccc(-c7ccccc7)c6)c5)c(-c5ccc(C)c(-c6cccc(-c7ccccc7)c6)c5)cc4c3cc2-c2ccc(C)c(-c3cccc(-c4ccccc4)c3)c2)cc1-c1cccc(-c2ccccc2)c1. The largest absolute Gasteiger partial charge is 0.0622 e. The topological polar surface area (TPSA) is 0 Å². The molecule has 0 amide bonds. The van der Waals surface area contributed by atoms with Crippen LogP contribution in [-0.2, 0) is 0 Å². The first kappa shape index (κ1) is 81.4. The molecule has 0 fully saturated rings. The van der Waals surface area contributed by atoms with Crippen LogP contribution in [0, 0.1) is 41.5 Å². The predicted molar refractivity (Wildman–Crippen MR) is 565 cm³/mol. The number of aryl methyl sites for hydroxylation is 6. The van der Waals surface area contributed by atoms with E-state index < -0.39 is 0 Å². The minimum absolute atomic E-state index is 1.13. The molecule has 22 aromatic carbocycles. The molecular weight excluding hydrogens is 1590 g/mol. The van der Waals surface area contributed by atoms with Crippen molar-refractivity contribution in [2.75, 3.05) is 0 Å². The van der Waals surface area contributed by atoms with Crippen molar-refractivity contribution in [1.82, 2.24) is 0 Å². The van der Waals surface area contributed by atoms with Crippen molar-refractivity contribution < 1.29 is 0 Å². The fraction of sp³-hybridized carbons (Fsp3) is 0.0455. The summed E-state index contributed by atoms with van der Waals surface area (Å²) in [5.41, 5.74) is 49.2. The van der Waals surface area contributed by atoms with Crippen molar-refractivity contribution in [1.29, 1.82) is 0 Å². The van der Waals surface area contributed by atoms with Gasteiger partial charge in [0.05, 0.1) is 0 Å². The molecule has 22 aromatic rings. The van der Waals surface area contributed by atoms with Gasteiger partial charge >= 0.3 is 0 Å². The fourth-order valence-corrected chi connectivity index (χ4v) is 20.2. The second-order valence-electron chi connectivity index (χ2n) is 35.7. The Bertz CT molecular complexity index is 6920. The number of benzene rings is 22. The maximum atomic E-state index is 2.59. The van der Waals surface area contributed by atoms with Gasteiger partial charge < -0.3 is 0 Å². The van der Waals surface area contributed by atoms with Crippen LogP contribution in [-0.4, -0.2) is 0 Å². The molecule has 0 aliphatic rings. The first-order valence-electron chi connectivity index (χ1n) is 46.0. The van der Waals surface area contributed by atoms with Gasteiger partial charge in [0.2, 0.25) is 0 Å². The summed E-state index contributed by atoms with van der Waals surface area (Å²) in [6, 6.07) is 178. The predicted octanol–water partition coefficient (Wildman–Crippen LogP) is 37.0. The highest BCUT2D eigenvalue weighted by molar-refractivity contribution is 6.29. The van der Waals surface area contributed by atoms with E-state index in [0.29, 0.717) is 0 Å². The molecule has 0 heterocycles. The Morgan fingerprint density at radius 2 is 0.205 bits per heavy atom. The van der Waals surface area contributed by atoms with Crippen molar-refractivity contribution in [3.63, 3.8) is 0 Å². The van der Waals surface area contributed by atoms with E-state index in [0.717, 1.165) is 99.1 Å². The third-order valence-electron chi connectivity index (χ3n) is 27.3. The summed E-state index contributed by atoms with van der Waals surface area (Å²) in [5, 5.41) is 6.93. The molecule has 0 bridgehead atoms. The summed E-state index contributed by atoms with van der Waals surface area (Å²) in [6.07, 6.45) is 0. The van der Waals surface area contributed by atoms with E-state index >= 15 is 0 Å².